The van der Waals surface area contributed by atoms with Crippen LogP contribution in [-0.2, 0) is 9.53 Å². The van der Waals surface area contributed by atoms with Gasteiger partial charge in [-0.15, -0.1) is 0 Å². The first-order valence-electron chi connectivity index (χ1n) is 4.67. The summed E-state index contributed by atoms with van der Waals surface area (Å²) in [4.78, 5) is 13.8. The minimum absolute atomic E-state index is 0.484. The zero-order valence-electron chi connectivity index (χ0n) is 9.65. The fourth-order valence-electron chi connectivity index (χ4n) is 0.466. The van der Waals surface area contributed by atoms with Crippen LogP contribution in [0.4, 0.5) is 0 Å². The van der Waals surface area contributed by atoms with Crippen LogP contribution < -0.4 is 0 Å². The van der Waals surface area contributed by atoms with Gasteiger partial charge in [-0.2, -0.15) is 0 Å². The zero-order valence-corrected chi connectivity index (χ0v) is 9.65. The second-order valence-corrected chi connectivity index (χ2v) is 1.89. The molecule has 0 aliphatic carbocycles. The van der Waals surface area contributed by atoms with Gasteiger partial charge in [-0.3, -0.25) is 4.98 Å². The average Bonchev–Trinajstić information content (AvgIpc) is 2.35. The molecule has 1 aromatic heterocycles. The van der Waals surface area contributed by atoms with Crippen LogP contribution in [0.2, 0.25) is 0 Å². The van der Waals surface area contributed by atoms with Crippen LogP contribution in [0.1, 0.15) is 20.8 Å². The summed E-state index contributed by atoms with van der Waals surface area (Å²) in [5.41, 5.74) is 0. The Balaban J connectivity index is 0. The standard InChI is InChI=1S/C5H5N.C5H6O2.C2H6/c1-2-4-6-5-3-1;1-3-4-5(6)7-2;1-2/h1-5H;1-2H3;1-2H3. The summed E-state index contributed by atoms with van der Waals surface area (Å²) in [5.74, 6) is 4.09. The van der Waals surface area contributed by atoms with Crippen LogP contribution >= 0.6 is 0 Å². The fraction of sp³-hybridized carbons (Fsp3) is 0.333. The highest BCUT2D eigenvalue weighted by molar-refractivity contribution is 5.88. The fourth-order valence-corrected chi connectivity index (χ4v) is 0.466. The molecular weight excluding hydrogens is 190 g/mol. The Labute approximate surface area is 91.5 Å². The minimum atomic E-state index is -0.484. The van der Waals surface area contributed by atoms with Crippen LogP contribution in [0, 0.1) is 11.8 Å². The van der Waals surface area contributed by atoms with Crippen LogP contribution in [0.3, 0.4) is 0 Å². The largest absolute Gasteiger partial charge is 0.459 e. The van der Waals surface area contributed by atoms with Gasteiger partial charge >= 0.3 is 5.97 Å². The van der Waals surface area contributed by atoms with Crippen molar-refractivity contribution < 1.29 is 9.53 Å². The Morgan fingerprint density at radius 1 is 1.20 bits per heavy atom. The lowest BCUT2D eigenvalue weighted by Gasteiger charge is -1.81. The molecule has 0 bridgehead atoms. The van der Waals surface area contributed by atoms with E-state index in [1.54, 1.807) is 19.3 Å². The number of pyridine rings is 1. The number of esters is 1. The van der Waals surface area contributed by atoms with Gasteiger partial charge in [-0.25, -0.2) is 4.79 Å². The van der Waals surface area contributed by atoms with Crippen LogP contribution in [-0.4, -0.2) is 18.1 Å². The van der Waals surface area contributed by atoms with Crippen molar-refractivity contribution >= 4 is 5.97 Å². The predicted molar refractivity (Wildman–Crippen MR) is 61.1 cm³/mol. The van der Waals surface area contributed by atoms with E-state index in [2.05, 4.69) is 21.6 Å². The number of rotatable bonds is 0. The van der Waals surface area contributed by atoms with Crippen LogP contribution in [0.15, 0.2) is 30.6 Å². The highest BCUT2D eigenvalue weighted by atomic mass is 16.5. The molecule has 0 aromatic carbocycles. The molecule has 82 valence electrons. The second kappa shape index (κ2) is 14.7. The molecule has 0 fully saturated rings. The number of hydrogen-bond acceptors (Lipinski definition) is 3. The third kappa shape index (κ3) is 15.0. The Bertz CT molecular complexity index is 259. The molecular formula is C12H17NO2. The molecule has 0 saturated heterocycles. The Kier molecular flexibility index (Phi) is 15.3. The van der Waals surface area contributed by atoms with Gasteiger partial charge in [0.2, 0.25) is 0 Å². The van der Waals surface area contributed by atoms with Gasteiger partial charge in [0.1, 0.15) is 0 Å². The lowest BCUT2D eigenvalue weighted by molar-refractivity contribution is -0.133. The van der Waals surface area contributed by atoms with Gasteiger partial charge in [0.15, 0.2) is 0 Å². The Morgan fingerprint density at radius 3 is 1.87 bits per heavy atom. The smallest absolute Gasteiger partial charge is 0.384 e. The summed E-state index contributed by atoms with van der Waals surface area (Å²) < 4.78 is 4.18. The number of hydrogen-bond donors (Lipinski definition) is 0. The second-order valence-electron chi connectivity index (χ2n) is 1.89. The topological polar surface area (TPSA) is 39.2 Å². The lowest BCUT2D eigenvalue weighted by Crippen LogP contribution is -1.93. The molecule has 0 radical (unpaired) electrons. The third-order valence-electron chi connectivity index (χ3n) is 0.979. The average molecular weight is 207 g/mol. The molecule has 1 aromatic rings. The number of aromatic nitrogens is 1. The normalized spacial score (nSPS) is 6.40. The van der Waals surface area contributed by atoms with Crippen LogP contribution in [0.25, 0.3) is 0 Å². The van der Waals surface area contributed by atoms with E-state index in [0.29, 0.717) is 0 Å². The molecule has 0 aliphatic rings. The number of nitrogens with zero attached hydrogens (tertiary/aromatic N) is 1. The van der Waals surface area contributed by atoms with Gasteiger partial charge in [0, 0.05) is 18.3 Å². The molecule has 0 aliphatic heterocycles. The number of carbonyl (C=O) groups excluding carboxylic acids is 1. The first-order chi connectivity index (χ1) is 7.31. The van der Waals surface area contributed by atoms with E-state index in [0.717, 1.165) is 0 Å². The molecule has 0 amide bonds. The number of ether oxygens (including phenoxy) is 1. The summed E-state index contributed by atoms with van der Waals surface area (Å²) in [5, 5.41) is 0. The molecule has 3 heteroatoms. The van der Waals surface area contributed by atoms with Crippen molar-refractivity contribution in [2.24, 2.45) is 0 Å². The molecule has 0 N–H and O–H groups in total. The first kappa shape index (κ1) is 15.6. The van der Waals surface area contributed by atoms with E-state index in [1.165, 1.54) is 7.11 Å². The first-order valence-corrected chi connectivity index (χ1v) is 4.67. The molecule has 3 nitrogen and oxygen atoms in total. The maximum Gasteiger partial charge on any atom is 0.384 e. The SMILES string of the molecule is CC.CC#CC(=O)OC.c1ccncc1. The van der Waals surface area contributed by atoms with E-state index < -0.39 is 5.97 Å². The molecule has 0 spiro atoms. The lowest BCUT2D eigenvalue weighted by atomic mass is 10.5. The van der Waals surface area contributed by atoms with Crippen LogP contribution in [0.5, 0.6) is 0 Å². The van der Waals surface area contributed by atoms with Gasteiger partial charge in [0.25, 0.3) is 0 Å². The van der Waals surface area contributed by atoms with E-state index in [4.69, 9.17) is 0 Å². The minimum Gasteiger partial charge on any atom is -0.459 e. The monoisotopic (exact) mass is 207 g/mol. The number of carbonyl (C=O) groups is 1. The van der Waals surface area contributed by atoms with E-state index in [9.17, 15) is 4.79 Å². The van der Waals surface area contributed by atoms with E-state index in [1.807, 2.05) is 32.0 Å². The van der Waals surface area contributed by atoms with Gasteiger partial charge < -0.3 is 4.74 Å². The summed E-state index contributed by atoms with van der Waals surface area (Å²) >= 11 is 0. The third-order valence-corrected chi connectivity index (χ3v) is 0.979. The highest BCUT2D eigenvalue weighted by Gasteiger charge is 1.84. The van der Waals surface area contributed by atoms with Crippen molar-refractivity contribution in [3.8, 4) is 11.8 Å². The quantitative estimate of drug-likeness (QED) is 0.372. The van der Waals surface area contributed by atoms with Crippen molar-refractivity contribution in [3.63, 3.8) is 0 Å². The maximum atomic E-state index is 10.0. The van der Waals surface area contributed by atoms with Gasteiger partial charge in [0.05, 0.1) is 7.11 Å². The Hall–Kier alpha value is -1.82. The predicted octanol–water partition coefficient (Wildman–Crippen LogP) is 2.29. The summed E-state index contributed by atoms with van der Waals surface area (Å²) in [6, 6.07) is 5.72. The summed E-state index contributed by atoms with van der Waals surface area (Å²) in [6.07, 6.45) is 3.50. The van der Waals surface area contributed by atoms with Gasteiger partial charge in [-0.1, -0.05) is 25.8 Å². The van der Waals surface area contributed by atoms with Crippen molar-refractivity contribution in [1.29, 1.82) is 0 Å². The summed E-state index contributed by atoms with van der Waals surface area (Å²) in [7, 11) is 1.30. The van der Waals surface area contributed by atoms with Crippen molar-refractivity contribution in [2.45, 2.75) is 20.8 Å². The van der Waals surface area contributed by atoms with E-state index >= 15 is 0 Å². The summed E-state index contributed by atoms with van der Waals surface area (Å²) in [6.45, 7) is 5.58. The molecule has 1 heterocycles. The highest BCUT2D eigenvalue weighted by Crippen LogP contribution is 1.73. The number of methoxy groups -OCH3 is 1. The maximum absolute atomic E-state index is 10.0. The van der Waals surface area contributed by atoms with Crippen molar-refractivity contribution in [1.82, 2.24) is 4.98 Å². The van der Waals surface area contributed by atoms with Crippen molar-refractivity contribution in [3.05, 3.63) is 30.6 Å². The van der Waals surface area contributed by atoms with E-state index in [-0.39, 0.29) is 0 Å². The van der Waals surface area contributed by atoms with Crippen molar-refractivity contribution in [2.75, 3.05) is 7.11 Å². The Morgan fingerprint density at radius 2 is 1.73 bits per heavy atom. The zero-order chi connectivity index (χ0) is 11.9. The van der Waals surface area contributed by atoms with Gasteiger partial charge in [-0.05, 0) is 19.1 Å². The molecule has 0 saturated carbocycles. The molecule has 1 rings (SSSR count). The molecule has 0 atom stereocenters. The molecule has 0 unspecified atom stereocenters. The molecule has 15 heavy (non-hydrogen) atoms.